The molecule has 0 aliphatic rings. The van der Waals surface area contributed by atoms with Gasteiger partial charge in [0, 0.05) is 29.7 Å². The summed E-state index contributed by atoms with van der Waals surface area (Å²) in [5.74, 6) is -0.245. The number of rotatable bonds is 7. The molecular weight excluding hydrogens is 412 g/mol. The molecule has 31 heavy (non-hydrogen) atoms. The number of nitrogens with zero attached hydrogens (tertiary/aromatic N) is 1. The third kappa shape index (κ3) is 6.07. The fraction of sp³-hybridized carbons (Fsp3) is 0.174. The van der Waals surface area contributed by atoms with E-state index < -0.39 is 10.2 Å². The van der Waals surface area contributed by atoms with Gasteiger partial charge in [-0.15, -0.1) is 0 Å². The number of nitrogens with one attached hydrogen (secondary N) is 2. The molecule has 7 nitrogen and oxygen atoms in total. The molecule has 0 saturated heterocycles. The first-order chi connectivity index (χ1) is 14.6. The van der Waals surface area contributed by atoms with Gasteiger partial charge in [0.1, 0.15) is 0 Å². The lowest BCUT2D eigenvalue weighted by atomic mass is 10.2. The maximum absolute atomic E-state index is 12.3. The van der Waals surface area contributed by atoms with Crippen LogP contribution in [0.4, 0.5) is 5.69 Å². The van der Waals surface area contributed by atoms with E-state index in [4.69, 9.17) is 5.14 Å². The molecule has 1 heterocycles. The monoisotopic (exact) mass is 438 g/mol. The molecule has 0 atom stereocenters. The third-order valence-corrected chi connectivity index (χ3v) is 5.35. The van der Waals surface area contributed by atoms with Crippen LogP contribution in [-0.2, 0) is 21.5 Å². The van der Waals surface area contributed by atoms with E-state index in [1.54, 1.807) is 30.3 Å². The molecule has 162 valence electrons. The number of benzene rings is 2. The Morgan fingerprint density at radius 2 is 1.77 bits per heavy atom. The molecule has 2 aromatic carbocycles. The van der Waals surface area contributed by atoms with Crippen LogP contribution in [0.3, 0.4) is 0 Å². The van der Waals surface area contributed by atoms with E-state index in [9.17, 15) is 13.2 Å². The van der Waals surface area contributed by atoms with Gasteiger partial charge in [0.2, 0.25) is 5.91 Å². The Balaban J connectivity index is 1.66. The highest BCUT2D eigenvalue weighted by molar-refractivity contribution is 7.90. The second-order valence-corrected chi connectivity index (χ2v) is 8.69. The average molecular weight is 439 g/mol. The van der Waals surface area contributed by atoms with E-state index >= 15 is 0 Å². The van der Waals surface area contributed by atoms with Crippen LogP contribution in [0.2, 0.25) is 0 Å². The molecular formula is C23H26N4O3S. The summed E-state index contributed by atoms with van der Waals surface area (Å²) in [5, 5.41) is 7.78. The van der Waals surface area contributed by atoms with Crippen molar-refractivity contribution in [2.24, 2.45) is 5.14 Å². The Kier molecular flexibility index (Phi) is 6.62. The van der Waals surface area contributed by atoms with Crippen molar-refractivity contribution in [2.75, 3.05) is 4.72 Å². The summed E-state index contributed by atoms with van der Waals surface area (Å²) in [7, 11) is -3.84. The second-order valence-electron chi connectivity index (χ2n) is 7.40. The average Bonchev–Trinajstić information content (AvgIpc) is 2.98. The zero-order valence-electron chi connectivity index (χ0n) is 17.7. The molecule has 3 rings (SSSR count). The number of hydrogen-bond donors (Lipinski definition) is 3. The van der Waals surface area contributed by atoms with Crippen molar-refractivity contribution in [2.45, 2.75) is 27.3 Å². The molecule has 1 aromatic heterocycles. The zero-order chi connectivity index (χ0) is 22.6. The lowest BCUT2D eigenvalue weighted by molar-refractivity contribution is -0.116. The maximum atomic E-state index is 12.3. The van der Waals surface area contributed by atoms with Gasteiger partial charge in [0.25, 0.3) is 10.2 Å². The topological polar surface area (TPSA) is 106 Å². The standard InChI is InChI=1S/C23H26N4O3S/c1-16-7-10-22(11-8-16)27-17(2)13-20(18(27)3)9-12-23(28)25-15-19-5-4-6-21(14-19)26-31(24,29)30/h4-14,26H,15H2,1-3H3,(H,25,28)(H2,24,29,30)/b12-9+. The second kappa shape index (κ2) is 9.20. The Hall–Kier alpha value is -3.36. The van der Waals surface area contributed by atoms with Crippen LogP contribution in [0.5, 0.6) is 0 Å². The summed E-state index contributed by atoms with van der Waals surface area (Å²) in [6, 6.07) is 17.0. The van der Waals surface area contributed by atoms with Gasteiger partial charge < -0.3 is 9.88 Å². The number of anilines is 1. The molecule has 0 radical (unpaired) electrons. The maximum Gasteiger partial charge on any atom is 0.296 e. The first-order valence-corrected chi connectivity index (χ1v) is 11.3. The van der Waals surface area contributed by atoms with Crippen LogP contribution in [0, 0.1) is 20.8 Å². The molecule has 4 N–H and O–H groups in total. The Labute approximate surface area is 182 Å². The van der Waals surface area contributed by atoms with Crippen molar-refractivity contribution >= 4 is 27.9 Å². The van der Waals surface area contributed by atoms with Gasteiger partial charge in [-0.2, -0.15) is 8.42 Å². The normalized spacial score (nSPS) is 11.6. The molecule has 0 aliphatic carbocycles. The summed E-state index contributed by atoms with van der Waals surface area (Å²) in [5.41, 5.74) is 6.47. The van der Waals surface area contributed by atoms with Gasteiger partial charge in [-0.05, 0) is 68.3 Å². The molecule has 0 aliphatic heterocycles. The fourth-order valence-corrected chi connectivity index (χ4v) is 3.83. The van der Waals surface area contributed by atoms with Gasteiger partial charge in [-0.3, -0.25) is 9.52 Å². The largest absolute Gasteiger partial charge is 0.348 e. The van der Waals surface area contributed by atoms with Gasteiger partial charge >= 0.3 is 0 Å². The van der Waals surface area contributed by atoms with E-state index in [0.717, 1.165) is 28.2 Å². The first kappa shape index (κ1) is 22.3. The summed E-state index contributed by atoms with van der Waals surface area (Å²) in [6.45, 7) is 6.37. The predicted molar refractivity (Wildman–Crippen MR) is 124 cm³/mol. The quantitative estimate of drug-likeness (QED) is 0.493. The van der Waals surface area contributed by atoms with Gasteiger partial charge in [0.15, 0.2) is 0 Å². The highest BCUT2D eigenvalue weighted by Crippen LogP contribution is 2.22. The van der Waals surface area contributed by atoms with E-state index in [1.165, 1.54) is 11.6 Å². The van der Waals surface area contributed by atoms with Crippen LogP contribution in [-0.4, -0.2) is 18.9 Å². The van der Waals surface area contributed by atoms with E-state index in [0.29, 0.717) is 5.69 Å². The Morgan fingerprint density at radius 1 is 1.06 bits per heavy atom. The lowest BCUT2D eigenvalue weighted by Crippen LogP contribution is -2.22. The van der Waals surface area contributed by atoms with Crippen LogP contribution in [0.25, 0.3) is 11.8 Å². The number of amides is 1. The minimum absolute atomic E-state index is 0.245. The van der Waals surface area contributed by atoms with E-state index in [2.05, 4.69) is 45.8 Å². The zero-order valence-corrected chi connectivity index (χ0v) is 18.5. The molecule has 0 unspecified atom stereocenters. The molecule has 1 amide bonds. The summed E-state index contributed by atoms with van der Waals surface area (Å²) >= 11 is 0. The van der Waals surface area contributed by atoms with E-state index in [1.807, 2.05) is 19.9 Å². The van der Waals surface area contributed by atoms with Crippen LogP contribution in [0.15, 0.2) is 60.7 Å². The third-order valence-electron chi connectivity index (χ3n) is 4.83. The first-order valence-electron chi connectivity index (χ1n) is 9.74. The molecule has 8 heteroatoms. The molecule has 0 fully saturated rings. The minimum Gasteiger partial charge on any atom is -0.348 e. The van der Waals surface area contributed by atoms with Gasteiger partial charge in [0.05, 0.1) is 5.69 Å². The van der Waals surface area contributed by atoms with Gasteiger partial charge in [-0.25, -0.2) is 5.14 Å². The number of carbonyl (C=O) groups excluding carboxylic acids is 1. The van der Waals surface area contributed by atoms with E-state index in [-0.39, 0.29) is 12.5 Å². The fourth-order valence-electron chi connectivity index (χ4n) is 3.37. The summed E-state index contributed by atoms with van der Waals surface area (Å²) < 4.78 is 26.6. The molecule has 0 bridgehead atoms. The van der Waals surface area contributed by atoms with Crippen molar-refractivity contribution < 1.29 is 13.2 Å². The predicted octanol–water partition coefficient (Wildman–Crippen LogP) is 3.35. The lowest BCUT2D eigenvalue weighted by Gasteiger charge is -2.10. The van der Waals surface area contributed by atoms with Gasteiger partial charge in [-0.1, -0.05) is 29.8 Å². The van der Waals surface area contributed by atoms with Crippen molar-refractivity contribution in [1.82, 2.24) is 9.88 Å². The number of aromatic nitrogens is 1. The summed E-state index contributed by atoms with van der Waals surface area (Å²) in [4.78, 5) is 12.3. The molecule has 0 spiro atoms. The van der Waals surface area contributed by atoms with Crippen molar-refractivity contribution in [3.05, 3.63) is 88.8 Å². The smallest absolute Gasteiger partial charge is 0.296 e. The van der Waals surface area contributed by atoms with Crippen molar-refractivity contribution in [3.63, 3.8) is 0 Å². The number of nitrogens with two attached hydrogens (primary N) is 1. The molecule has 0 saturated carbocycles. The highest BCUT2D eigenvalue weighted by atomic mass is 32.2. The molecule has 3 aromatic rings. The van der Waals surface area contributed by atoms with Crippen molar-refractivity contribution in [1.29, 1.82) is 0 Å². The Bertz CT molecular complexity index is 1230. The highest BCUT2D eigenvalue weighted by Gasteiger charge is 2.09. The SMILES string of the molecule is Cc1ccc(-n2c(C)cc(/C=C/C(=O)NCc3cccc(NS(N)(=O)=O)c3)c2C)cc1. The number of hydrogen-bond acceptors (Lipinski definition) is 3. The number of carbonyl (C=O) groups is 1. The Morgan fingerprint density at radius 3 is 2.45 bits per heavy atom. The van der Waals surface area contributed by atoms with Crippen LogP contribution >= 0.6 is 0 Å². The van der Waals surface area contributed by atoms with Crippen molar-refractivity contribution in [3.8, 4) is 5.69 Å². The summed E-state index contributed by atoms with van der Waals surface area (Å²) in [6.07, 6.45) is 3.29. The minimum atomic E-state index is -3.84. The van der Waals surface area contributed by atoms with Crippen LogP contribution < -0.4 is 15.2 Å². The van der Waals surface area contributed by atoms with Crippen LogP contribution in [0.1, 0.15) is 28.1 Å². The number of aryl methyl sites for hydroxylation is 2.